The molecule has 1 aliphatic heterocycles. The molecule has 1 aliphatic rings. The van der Waals surface area contributed by atoms with Gasteiger partial charge in [0, 0.05) is 13.2 Å². The van der Waals surface area contributed by atoms with Gasteiger partial charge in [0.25, 0.3) is 5.91 Å². The Balaban J connectivity index is 1.58. The Bertz CT molecular complexity index is 1380. The highest BCUT2D eigenvalue weighted by Crippen LogP contribution is 2.33. The Morgan fingerprint density at radius 3 is 2.47 bits per heavy atom. The number of carbonyl (C=O) groups excluding carboxylic acids is 1. The lowest BCUT2D eigenvalue weighted by molar-refractivity contribution is 0.0502. The van der Waals surface area contributed by atoms with Crippen LogP contribution in [-0.2, 0) is 17.7 Å². The van der Waals surface area contributed by atoms with Crippen molar-refractivity contribution in [3.63, 3.8) is 0 Å². The second-order valence-corrected chi connectivity index (χ2v) is 9.19. The number of halogens is 2. The van der Waals surface area contributed by atoms with E-state index in [2.05, 4.69) is 0 Å². The summed E-state index contributed by atoms with van der Waals surface area (Å²) in [6.45, 7) is 3.06. The average molecular weight is 518 g/mol. The van der Waals surface area contributed by atoms with Gasteiger partial charge in [0.05, 0.1) is 35.2 Å². The Hall–Kier alpha value is -4.04. The normalized spacial score (nSPS) is 15.0. The average Bonchev–Trinajstić information content (AvgIpc) is 3.58. The number of ether oxygens (including phenoxy) is 2. The summed E-state index contributed by atoms with van der Waals surface area (Å²) in [5.41, 5.74) is 2.21. The minimum atomic E-state index is -0.576. The third kappa shape index (κ3) is 5.60. The van der Waals surface area contributed by atoms with Crippen molar-refractivity contribution < 1.29 is 23.0 Å². The second kappa shape index (κ2) is 11.6. The van der Waals surface area contributed by atoms with Crippen molar-refractivity contribution in [3.8, 4) is 17.3 Å². The van der Waals surface area contributed by atoms with E-state index in [1.807, 2.05) is 37.3 Å². The van der Waals surface area contributed by atoms with Gasteiger partial charge in [-0.1, -0.05) is 37.3 Å². The summed E-state index contributed by atoms with van der Waals surface area (Å²) in [6, 6.07) is 21.2. The molecule has 0 radical (unpaired) electrons. The molecule has 1 fully saturated rings. The fourth-order valence-electron chi connectivity index (χ4n) is 4.63. The van der Waals surface area contributed by atoms with Gasteiger partial charge in [0.15, 0.2) is 0 Å². The first kappa shape index (κ1) is 25.6. The molecule has 4 aromatic rings. The van der Waals surface area contributed by atoms with Crippen molar-refractivity contribution in [2.75, 3.05) is 13.2 Å². The number of aromatic nitrogens is 2. The number of amides is 1. The maximum Gasteiger partial charge on any atom is 0.257 e. The van der Waals surface area contributed by atoms with Crippen LogP contribution in [0.1, 0.15) is 41.4 Å². The van der Waals surface area contributed by atoms with Gasteiger partial charge < -0.3 is 14.4 Å². The Morgan fingerprint density at radius 1 is 1.05 bits per heavy atom. The number of hydrogen-bond acceptors (Lipinski definition) is 4. The molecule has 196 valence electrons. The molecular weight excluding hydrogens is 488 g/mol. The van der Waals surface area contributed by atoms with E-state index < -0.39 is 11.7 Å². The number of carbonyl (C=O) groups is 1. The van der Waals surface area contributed by atoms with Gasteiger partial charge in [0.1, 0.15) is 17.4 Å². The molecule has 2 heterocycles. The molecule has 38 heavy (non-hydrogen) atoms. The summed E-state index contributed by atoms with van der Waals surface area (Å²) in [5, 5.41) is 4.82. The van der Waals surface area contributed by atoms with Gasteiger partial charge in [-0.2, -0.15) is 5.10 Å². The third-order valence-corrected chi connectivity index (χ3v) is 6.57. The zero-order chi connectivity index (χ0) is 26.5. The fraction of sp³-hybridized carbons (Fsp3) is 0.267. The predicted octanol–water partition coefficient (Wildman–Crippen LogP) is 6.33. The number of rotatable bonds is 9. The maximum atomic E-state index is 14.7. The van der Waals surface area contributed by atoms with Crippen LogP contribution < -0.4 is 4.74 Å². The van der Waals surface area contributed by atoms with Gasteiger partial charge in [-0.3, -0.25) is 4.79 Å². The molecule has 1 aromatic heterocycles. The molecule has 1 atom stereocenters. The smallest absolute Gasteiger partial charge is 0.257 e. The number of nitrogens with zero attached hydrogens (tertiary/aromatic N) is 3. The van der Waals surface area contributed by atoms with Crippen LogP contribution >= 0.6 is 0 Å². The first-order valence-corrected chi connectivity index (χ1v) is 12.8. The van der Waals surface area contributed by atoms with Crippen LogP contribution in [0.2, 0.25) is 0 Å². The molecule has 0 aliphatic carbocycles. The summed E-state index contributed by atoms with van der Waals surface area (Å²) >= 11 is 0. The summed E-state index contributed by atoms with van der Waals surface area (Å²) in [4.78, 5) is 15.3. The lowest BCUT2D eigenvalue weighted by Crippen LogP contribution is -2.37. The van der Waals surface area contributed by atoms with E-state index in [1.165, 1.54) is 24.3 Å². The lowest BCUT2D eigenvalue weighted by Gasteiger charge is -2.26. The highest BCUT2D eigenvalue weighted by molar-refractivity contribution is 5.94. The zero-order valence-electron chi connectivity index (χ0n) is 21.1. The summed E-state index contributed by atoms with van der Waals surface area (Å²) in [7, 11) is 0. The fourth-order valence-corrected chi connectivity index (χ4v) is 4.63. The first-order chi connectivity index (χ1) is 18.5. The Morgan fingerprint density at radius 2 is 1.79 bits per heavy atom. The van der Waals surface area contributed by atoms with E-state index in [0.717, 1.165) is 24.2 Å². The van der Waals surface area contributed by atoms with Crippen molar-refractivity contribution in [3.05, 3.63) is 107 Å². The number of benzene rings is 3. The highest BCUT2D eigenvalue weighted by atomic mass is 19.1. The monoisotopic (exact) mass is 517 g/mol. The molecule has 0 spiro atoms. The van der Waals surface area contributed by atoms with E-state index in [-0.39, 0.29) is 24.0 Å². The molecular formula is C30H29F2N3O3. The van der Waals surface area contributed by atoms with Crippen molar-refractivity contribution >= 4 is 5.91 Å². The molecule has 1 saturated heterocycles. The van der Waals surface area contributed by atoms with Crippen molar-refractivity contribution in [1.82, 2.24) is 14.7 Å². The quantitative estimate of drug-likeness (QED) is 0.261. The van der Waals surface area contributed by atoms with E-state index in [4.69, 9.17) is 14.6 Å². The largest absolute Gasteiger partial charge is 0.439 e. The molecule has 8 heteroatoms. The zero-order valence-corrected chi connectivity index (χ0v) is 21.1. The van der Waals surface area contributed by atoms with Crippen LogP contribution in [0.5, 0.6) is 11.6 Å². The molecule has 0 N–H and O–H groups in total. The first-order valence-electron chi connectivity index (χ1n) is 12.8. The van der Waals surface area contributed by atoms with E-state index in [9.17, 15) is 13.6 Å². The minimum Gasteiger partial charge on any atom is -0.439 e. The standard InChI is InChI=1S/C30H29F2N3O3/c1-2-28-26(20-34(19-24-11-8-18-37-24)29(36)25-12-6-7-13-27(25)32)30(38-23-16-14-21(31)15-17-23)35(33-28)22-9-4-3-5-10-22/h3-7,9-10,12-17,24H,2,8,11,18-20H2,1H3/t24-/m1/s1. The molecule has 5 rings (SSSR count). The van der Waals surface area contributed by atoms with Crippen LogP contribution in [0.3, 0.4) is 0 Å². The van der Waals surface area contributed by atoms with Crippen LogP contribution in [-0.4, -0.2) is 39.8 Å². The van der Waals surface area contributed by atoms with Crippen LogP contribution in [0, 0.1) is 11.6 Å². The van der Waals surface area contributed by atoms with Gasteiger partial charge in [0.2, 0.25) is 5.88 Å². The molecule has 0 saturated carbocycles. The molecule has 6 nitrogen and oxygen atoms in total. The van der Waals surface area contributed by atoms with Crippen LogP contribution in [0.15, 0.2) is 78.9 Å². The minimum absolute atomic E-state index is 0.000000401. The summed E-state index contributed by atoms with van der Waals surface area (Å²) < 4.78 is 42.1. The van der Waals surface area contributed by atoms with Crippen LogP contribution in [0.25, 0.3) is 5.69 Å². The maximum absolute atomic E-state index is 14.7. The second-order valence-electron chi connectivity index (χ2n) is 9.19. The van der Waals surface area contributed by atoms with Gasteiger partial charge in [-0.05, 0) is 67.8 Å². The van der Waals surface area contributed by atoms with Gasteiger partial charge in [-0.15, -0.1) is 0 Å². The van der Waals surface area contributed by atoms with Crippen molar-refractivity contribution in [2.45, 2.75) is 38.8 Å². The van der Waals surface area contributed by atoms with E-state index >= 15 is 0 Å². The summed E-state index contributed by atoms with van der Waals surface area (Å²) in [6.07, 6.45) is 2.18. The van der Waals surface area contributed by atoms with Crippen LogP contribution in [0.4, 0.5) is 8.78 Å². The Labute approximate surface area is 220 Å². The third-order valence-electron chi connectivity index (χ3n) is 6.57. The van der Waals surface area contributed by atoms with Gasteiger partial charge in [-0.25, -0.2) is 13.5 Å². The van der Waals surface area contributed by atoms with E-state index in [1.54, 1.807) is 33.8 Å². The predicted molar refractivity (Wildman–Crippen MR) is 140 cm³/mol. The molecule has 1 amide bonds. The molecule has 0 bridgehead atoms. The number of para-hydroxylation sites is 1. The number of hydrogen-bond donors (Lipinski definition) is 0. The molecule has 0 unspecified atom stereocenters. The molecule has 3 aromatic carbocycles. The number of aryl methyl sites for hydroxylation is 1. The highest BCUT2D eigenvalue weighted by Gasteiger charge is 2.29. The van der Waals surface area contributed by atoms with Gasteiger partial charge >= 0.3 is 0 Å². The lowest BCUT2D eigenvalue weighted by atomic mass is 10.1. The van der Waals surface area contributed by atoms with Crippen molar-refractivity contribution in [1.29, 1.82) is 0 Å². The topological polar surface area (TPSA) is 56.6 Å². The Kier molecular flexibility index (Phi) is 7.79. The summed E-state index contributed by atoms with van der Waals surface area (Å²) in [5.74, 6) is -0.535. The van der Waals surface area contributed by atoms with E-state index in [0.29, 0.717) is 36.8 Å². The SMILES string of the molecule is CCc1nn(-c2ccccc2)c(Oc2ccc(F)cc2)c1CN(C[C@H]1CCCO1)C(=O)c1ccccc1F. The van der Waals surface area contributed by atoms with Crippen molar-refractivity contribution in [2.24, 2.45) is 0 Å².